The summed E-state index contributed by atoms with van der Waals surface area (Å²) in [5.74, 6) is 0.0764. The van der Waals surface area contributed by atoms with Gasteiger partial charge in [0.1, 0.15) is 6.10 Å². The second kappa shape index (κ2) is 4.04. The van der Waals surface area contributed by atoms with Crippen LogP contribution in [0, 0.1) is 0 Å². The molecule has 0 N–H and O–H groups in total. The lowest BCUT2D eigenvalue weighted by atomic mass is 10.3. The fraction of sp³-hybridized carbons (Fsp3) is 0.800. The van der Waals surface area contributed by atoms with Gasteiger partial charge in [-0.3, -0.25) is 4.79 Å². The average molecular weight is 181 g/mol. The Morgan fingerprint density at radius 2 is 2.38 bits per heavy atom. The Morgan fingerprint density at radius 3 is 2.50 bits per heavy atom. The van der Waals surface area contributed by atoms with Crippen molar-refractivity contribution in [3.63, 3.8) is 0 Å². The minimum Gasteiger partial charge on any atom is -0.374 e. The molecule has 0 aromatic rings. The summed E-state index contributed by atoms with van der Waals surface area (Å²) in [5, 5.41) is 0.377. The molecule has 0 radical (unpaired) electrons. The normalized spacial score (nSPS) is 13.4. The molecule has 0 aliphatic rings. The van der Waals surface area contributed by atoms with Gasteiger partial charge in [-0.05, 0) is 6.92 Å². The van der Waals surface area contributed by atoms with Crippen molar-refractivity contribution in [3.05, 3.63) is 0 Å². The lowest BCUT2D eigenvalue weighted by Gasteiger charge is -2.03. The summed E-state index contributed by atoms with van der Waals surface area (Å²) in [6.07, 6.45) is -0.269. The van der Waals surface area contributed by atoms with E-state index in [4.69, 9.17) is 4.74 Å². The summed E-state index contributed by atoms with van der Waals surface area (Å²) in [5.41, 5.74) is 0. The number of ether oxygens (including phenoxy) is 1. The number of alkyl halides is 1. The molecule has 1 atom stereocenters. The monoisotopic (exact) mass is 180 g/mol. The average Bonchev–Trinajstić information content (AvgIpc) is 1.84. The molecule has 1 unspecified atom stereocenters. The van der Waals surface area contributed by atoms with Crippen LogP contribution in [0.2, 0.25) is 0 Å². The zero-order valence-electron chi connectivity index (χ0n) is 4.98. The van der Waals surface area contributed by atoms with Crippen molar-refractivity contribution in [2.45, 2.75) is 13.0 Å². The highest BCUT2D eigenvalue weighted by Gasteiger charge is 2.07. The molecule has 0 aromatic carbocycles. The van der Waals surface area contributed by atoms with Gasteiger partial charge < -0.3 is 4.74 Å². The lowest BCUT2D eigenvalue weighted by Crippen LogP contribution is -2.19. The summed E-state index contributed by atoms with van der Waals surface area (Å²) < 4.78 is 4.72. The Balaban J connectivity index is 3.46. The molecule has 0 heterocycles. The maximum Gasteiger partial charge on any atom is 0.171 e. The van der Waals surface area contributed by atoms with Gasteiger partial charge in [0.25, 0.3) is 0 Å². The topological polar surface area (TPSA) is 26.3 Å². The largest absolute Gasteiger partial charge is 0.374 e. The van der Waals surface area contributed by atoms with Crippen molar-refractivity contribution in [1.29, 1.82) is 0 Å². The fourth-order valence-electron chi connectivity index (χ4n) is 0.240. The van der Waals surface area contributed by atoms with Crippen LogP contribution in [-0.4, -0.2) is 24.3 Å². The van der Waals surface area contributed by atoms with Gasteiger partial charge in [0.15, 0.2) is 5.78 Å². The predicted molar refractivity (Wildman–Crippen MR) is 35.3 cm³/mol. The number of carbonyl (C=O) groups excluding carboxylic acids is 1. The van der Waals surface area contributed by atoms with E-state index in [2.05, 4.69) is 15.9 Å². The highest BCUT2D eigenvalue weighted by molar-refractivity contribution is 9.09. The first-order chi connectivity index (χ1) is 3.72. The summed E-state index contributed by atoms with van der Waals surface area (Å²) >= 11 is 3.03. The summed E-state index contributed by atoms with van der Waals surface area (Å²) in [6, 6.07) is 0. The van der Waals surface area contributed by atoms with E-state index in [1.807, 2.05) is 0 Å². The second-order valence-corrected chi connectivity index (χ2v) is 2.04. The van der Waals surface area contributed by atoms with Crippen LogP contribution >= 0.6 is 15.9 Å². The molecule has 2 nitrogen and oxygen atoms in total. The predicted octanol–water partition coefficient (Wildman–Crippen LogP) is 0.985. The summed E-state index contributed by atoms with van der Waals surface area (Å²) in [6.45, 7) is 1.73. The Morgan fingerprint density at radius 1 is 1.88 bits per heavy atom. The molecule has 0 saturated heterocycles. The van der Waals surface area contributed by atoms with E-state index < -0.39 is 0 Å². The molecule has 48 valence electrons. The first kappa shape index (κ1) is 8.11. The van der Waals surface area contributed by atoms with Gasteiger partial charge in [0.05, 0.1) is 5.33 Å². The van der Waals surface area contributed by atoms with E-state index in [-0.39, 0.29) is 11.9 Å². The minimum absolute atomic E-state index is 0.0764. The van der Waals surface area contributed by atoms with E-state index in [1.165, 1.54) is 7.11 Å². The Labute approximate surface area is 57.3 Å². The van der Waals surface area contributed by atoms with Gasteiger partial charge in [-0.25, -0.2) is 0 Å². The number of rotatable bonds is 3. The zero-order chi connectivity index (χ0) is 6.57. The van der Waals surface area contributed by atoms with E-state index in [1.54, 1.807) is 6.92 Å². The van der Waals surface area contributed by atoms with E-state index in [9.17, 15) is 4.79 Å². The molecule has 0 aliphatic heterocycles. The first-order valence-corrected chi connectivity index (χ1v) is 3.46. The molecule has 0 amide bonds. The number of Topliss-reactive ketones (excluding diaryl/α,β-unsaturated/α-hetero) is 1. The SMILES string of the molecule is COC(C)C(=O)CBr. The molecule has 0 saturated carbocycles. The van der Waals surface area contributed by atoms with Crippen molar-refractivity contribution in [3.8, 4) is 0 Å². The quantitative estimate of drug-likeness (QED) is 0.606. The third kappa shape index (κ3) is 2.43. The minimum atomic E-state index is -0.269. The summed E-state index contributed by atoms with van der Waals surface area (Å²) in [7, 11) is 1.52. The smallest absolute Gasteiger partial charge is 0.171 e. The van der Waals surface area contributed by atoms with E-state index >= 15 is 0 Å². The second-order valence-electron chi connectivity index (χ2n) is 1.48. The van der Waals surface area contributed by atoms with E-state index in [0.717, 1.165) is 0 Å². The van der Waals surface area contributed by atoms with Crippen molar-refractivity contribution in [2.75, 3.05) is 12.4 Å². The summed E-state index contributed by atoms with van der Waals surface area (Å²) in [4.78, 5) is 10.6. The third-order valence-electron chi connectivity index (χ3n) is 0.939. The highest BCUT2D eigenvalue weighted by atomic mass is 79.9. The number of methoxy groups -OCH3 is 1. The third-order valence-corrected chi connectivity index (χ3v) is 1.49. The Kier molecular flexibility index (Phi) is 4.09. The molecule has 0 spiro atoms. The molecular formula is C5H9BrO2. The van der Waals surface area contributed by atoms with Gasteiger partial charge in [-0.15, -0.1) is 0 Å². The molecule has 0 bridgehead atoms. The molecule has 8 heavy (non-hydrogen) atoms. The maximum absolute atomic E-state index is 10.6. The zero-order valence-corrected chi connectivity index (χ0v) is 6.56. The first-order valence-electron chi connectivity index (χ1n) is 2.33. The maximum atomic E-state index is 10.6. The van der Waals surface area contributed by atoms with Crippen LogP contribution in [0.15, 0.2) is 0 Å². The van der Waals surface area contributed by atoms with Gasteiger partial charge >= 0.3 is 0 Å². The molecule has 0 aliphatic carbocycles. The van der Waals surface area contributed by atoms with Crippen LogP contribution < -0.4 is 0 Å². The lowest BCUT2D eigenvalue weighted by molar-refractivity contribution is -0.125. The number of hydrogen-bond acceptors (Lipinski definition) is 2. The van der Waals surface area contributed by atoms with Crippen LogP contribution in [0.4, 0.5) is 0 Å². The van der Waals surface area contributed by atoms with Gasteiger partial charge in [-0.2, -0.15) is 0 Å². The number of ketones is 1. The van der Waals surface area contributed by atoms with Crippen molar-refractivity contribution >= 4 is 21.7 Å². The van der Waals surface area contributed by atoms with Crippen LogP contribution in [0.25, 0.3) is 0 Å². The Bertz CT molecular complexity index is 82.5. The van der Waals surface area contributed by atoms with Crippen LogP contribution in [-0.2, 0) is 9.53 Å². The van der Waals surface area contributed by atoms with Crippen molar-refractivity contribution in [2.24, 2.45) is 0 Å². The number of hydrogen-bond donors (Lipinski definition) is 0. The highest BCUT2D eigenvalue weighted by Crippen LogP contribution is 1.92. The fourth-order valence-corrected chi connectivity index (χ4v) is 0.696. The van der Waals surface area contributed by atoms with Crippen LogP contribution in [0.3, 0.4) is 0 Å². The standard InChI is InChI=1S/C5H9BrO2/c1-4(8-2)5(7)3-6/h4H,3H2,1-2H3. The van der Waals surface area contributed by atoms with Gasteiger partial charge in [0, 0.05) is 7.11 Å². The Hall–Kier alpha value is 0.110. The number of halogens is 1. The van der Waals surface area contributed by atoms with Crippen molar-refractivity contribution < 1.29 is 9.53 Å². The molecule has 0 rings (SSSR count). The molecular weight excluding hydrogens is 172 g/mol. The molecule has 3 heteroatoms. The van der Waals surface area contributed by atoms with Gasteiger partial charge in [-0.1, -0.05) is 15.9 Å². The molecule has 0 aromatic heterocycles. The van der Waals surface area contributed by atoms with Crippen LogP contribution in [0.1, 0.15) is 6.92 Å². The van der Waals surface area contributed by atoms with E-state index in [0.29, 0.717) is 5.33 Å². The van der Waals surface area contributed by atoms with Crippen molar-refractivity contribution in [1.82, 2.24) is 0 Å². The molecule has 0 fully saturated rings. The van der Waals surface area contributed by atoms with Crippen LogP contribution in [0.5, 0.6) is 0 Å². The number of carbonyl (C=O) groups is 1. The van der Waals surface area contributed by atoms with Gasteiger partial charge in [0.2, 0.25) is 0 Å².